The van der Waals surface area contributed by atoms with E-state index in [1.165, 1.54) is 4.90 Å². The minimum Gasteiger partial charge on any atom is -0.326 e. The van der Waals surface area contributed by atoms with Gasteiger partial charge in [-0.2, -0.15) is 5.26 Å². The van der Waals surface area contributed by atoms with Crippen LogP contribution in [0.3, 0.4) is 0 Å². The minimum absolute atomic E-state index is 0.329. The maximum Gasteiger partial charge on any atom is 0.313 e. The van der Waals surface area contributed by atoms with Gasteiger partial charge in [-0.15, -0.1) is 0 Å². The molecule has 138 valence electrons. The van der Waals surface area contributed by atoms with E-state index in [1.807, 2.05) is 66.7 Å². The molecule has 0 heterocycles. The number of carbonyl (C=O) groups excluding carboxylic acids is 2. The molecule has 3 aromatic carbocycles. The molecule has 5 nitrogen and oxygen atoms in total. The molecule has 0 fully saturated rings. The van der Waals surface area contributed by atoms with Crippen molar-refractivity contribution in [3.63, 3.8) is 0 Å². The van der Waals surface area contributed by atoms with Crippen LogP contribution >= 0.6 is 0 Å². The van der Waals surface area contributed by atoms with Crippen molar-refractivity contribution in [2.75, 3.05) is 5.32 Å². The van der Waals surface area contributed by atoms with E-state index in [0.717, 1.165) is 11.1 Å². The molecule has 0 aliphatic heterocycles. The SMILES string of the molecule is N#Cc1ccc(NC(=O)C(=O)N(Cc2ccccc2)Cc2ccccc2)cc1. The van der Waals surface area contributed by atoms with Gasteiger partial charge in [-0.1, -0.05) is 60.7 Å². The molecule has 0 spiro atoms. The first-order valence-electron chi connectivity index (χ1n) is 8.84. The molecule has 3 aromatic rings. The second-order valence-electron chi connectivity index (χ2n) is 6.28. The molecule has 0 radical (unpaired) electrons. The first-order valence-corrected chi connectivity index (χ1v) is 8.84. The Morgan fingerprint density at radius 2 is 1.29 bits per heavy atom. The lowest BCUT2D eigenvalue weighted by atomic mass is 10.1. The maximum atomic E-state index is 12.8. The normalized spacial score (nSPS) is 9.96. The second-order valence-corrected chi connectivity index (χ2v) is 6.28. The van der Waals surface area contributed by atoms with Crippen LogP contribution in [0.4, 0.5) is 5.69 Å². The molecule has 0 aromatic heterocycles. The molecule has 28 heavy (non-hydrogen) atoms. The number of rotatable bonds is 5. The molecular weight excluding hydrogens is 350 g/mol. The van der Waals surface area contributed by atoms with Gasteiger partial charge < -0.3 is 10.2 Å². The Hall–Kier alpha value is -3.91. The van der Waals surface area contributed by atoms with Crippen molar-refractivity contribution in [1.82, 2.24) is 4.90 Å². The van der Waals surface area contributed by atoms with E-state index in [-0.39, 0.29) is 0 Å². The highest BCUT2D eigenvalue weighted by Crippen LogP contribution is 2.13. The van der Waals surface area contributed by atoms with Crippen LogP contribution in [0, 0.1) is 11.3 Å². The largest absolute Gasteiger partial charge is 0.326 e. The molecule has 0 saturated heterocycles. The van der Waals surface area contributed by atoms with Gasteiger partial charge in [0, 0.05) is 18.8 Å². The second kappa shape index (κ2) is 9.15. The van der Waals surface area contributed by atoms with E-state index in [9.17, 15) is 9.59 Å². The Morgan fingerprint density at radius 3 is 1.75 bits per heavy atom. The zero-order chi connectivity index (χ0) is 19.8. The van der Waals surface area contributed by atoms with E-state index >= 15 is 0 Å². The number of amides is 2. The van der Waals surface area contributed by atoms with Crippen LogP contribution in [-0.2, 0) is 22.7 Å². The Bertz CT molecular complexity index is 936. The number of nitriles is 1. The summed E-state index contributed by atoms with van der Waals surface area (Å²) < 4.78 is 0. The first-order chi connectivity index (χ1) is 13.7. The quantitative estimate of drug-likeness (QED) is 0.697. The van der Waals surface area contributed by atoms with Gasteiger partial charge in [0.05, 0.1) is 11.6 Å². The monoisotopic (exact) mass is 369 g/mol. The van der Waals surface area contributed by atoms with Gasteiger partial charge in [-0.3, -0.25) is 9.59 Å². The Morgan fingerprint density at radius 1 is 0.786 bits per heavy atom. The zero-order valence-electron chi connectivity index (χ0n) is 15.2. The fourth-order valence-electron chi connectivity index (χ4n) is 2.76. The third-order valence-corrected chi connectivity index (χ3v) is 4.19. The summed E-state index contributed by atoms with van der Waals surface area (Å²) >= 11 is 0. The third kappa shape index (κ3) is 5.05. The van der Waals surface area contributed by atoms with Crippen molar-refractivity contribution in [2.45, 2.75) is 13.1 Å². The molecule has 0 unspecified atom stereocenters. The molecule has 2 amide bonds. The van der Waals surface area contributed by atoms with Gasteiger partial charge in [0.25, 0.3) is 0 Å². The number of hydrogen-bond donors (Lipinski definition) is 1. The number of anilines is 1. The van der Waals surface area contributed by atoms with Crippen molar-refractivity contribution < 1.29 is 9.59 Å². The Labute approximate surface area is 163 Å². The summed E-state index contributed by atoms with van der Waals surface area (Å²) in [5.41, 5.74) is 2.84. The van der Waals surface area contributed by atoms with Gasteiger partial charge >= 0.3 is 11.8 Å². The van der Waals surface area contributed by atoms with Crippen molar-refractivity contribution >= 4 is 17.5 Å². The minimum atomic E-state index is -0.712. The molecule has 1 N–H and O–H groups in total. The predicted molar refractivity (Wildman–Crippen MR) is 107 cm³/mol. The van der Waals surface area contributed by atoms with Crippen LogP contribution in [-0.4, -0.2) is 16.7 Å². The maximum absolute atomic E-state index is 12.8. The summed E-state index contributed by atoms with van der Waals surface area (Å²) in [4.78, 5) is 26.9. The van der Waals surface area contributed by atoms with Crippen molar-refractivity contribution in [3.8, 4) is 6.07 Å². The Balaban J connectivity index is 1.76. The highest BCUT2D eigenvalue weighted by atomic mass is 16.2. The summed E-state index contributed by atoms with van der Waals surface area (Å²) in [5, 5.41) is 11.5. The van der Waals surface area contributed by atoms with Crippen LogP contribution in [0.15, 0.2) is 84.9 Å². The standard InChI is InChI=1S/C23H19N3O2/c24-15-18-11-13-21(14-12-18)25-22(27)23(28)26(16-19-7-3-1-4-8-19)17-20-9-5-2-6-10-20/h1-14H,16-17H2,(H,25,27). The van der Waals surface area contributed by atoms with Crippen molar-refractivity contribution in [3.05, 3.63) is 102 Å². The van der Waals surface area contributed by atoms with Gasteiger partial charge in [0.15, 0.2) is 0 Å². The lowest BCUT2D eigenvalue weighted by molar-refractivity contribution is -0.144. The van der Waals surface area contributed by atoms with Crippen LogP contribution in [0.2, 0.25) is 0 Å². The van der Waals surface area contributed by atoms with E-state index in [4.69, 9.17) is 5.26 Å². The molecule has 3 rings (SSSR count). The fourth-order valence-corrected chi connectivity index (χ4v) is 2.76. The van der Waals surface area contributed by atoms with Gasteiger partial charge in [-0.25, -0.2) is 0 Å². The zero-order valence-corrected chi connectivity index (χ0v) is 15.2. The van der Waals surface area contributed by atoms with Crippen LogP contribution in [0.25, 0.3) is 0 Å². The molecule has 0 saturated carbocycles. The number of carbonyl (C=O) groups is 2. The van der Waals surface area contributed by atoms with Gasteiger partial charge in [0.2, 0.25) is 0 Å². The van der Waals surface area contributed by atoms with Crippen LogP contribution in [0.5, 0.6) is 0 Å². The van der Waals surface area contributed by atoms with Gasteiger partial charge in [0.1, 0.15) is 0 Å². The first kappa shape index (κ1) is 18.9. The van der Waals surface area contributed by atoms with Crippen LogP contribution in [0.1, 0.15) is 16.7 Å². The topological polar surface area (TPSA) is 73.2 Å². The third-order valence-electron chi connectivity index (χ3n) is 4.19. The highest BCUT2D eigenvalue weighted by molar-refractivity contribution is 6.39. The van der Waals surface area contributed by atoms with E-state index in [0.29, 0.717) is 24.3 Å². The lowest BCUT2D eigenvalue weighted by Gasteiger charge is -2.22. The average Bonchev–Trinajstić information content (AvgIpc) is 2.75. The number of benzene rings is 3. The highest BCUT2D eigenvalue weighted by Gasteiger charge is 2.22. The fraction of sp³-hybridized carbons (Fsp3) is 0.0870. The number of nitrogens with zero attached hydrogens (tertiary/aromatic N) is 2. The van der Waals surface area contributed by atoms with Crippen LogP contribution < -0.4 is 5.32 Å². The van der Waals surface area contributed by atoms with Gasteiger partial charge in [-0.05, 0) is 35.4 Å². The summed E-state index contributed by atoms with van der Waals surface area (Å²) in [6, 6.07) is 27.5. The smallest absolute Gasteiger partial charge is 0.313 e. The Kier molecular flexibility index (Phi) is 6.17. The molecule has 0 bridgehead atoms. The lowest BCUT2D eigenvalue weighted by Crippen LogP contribution is -2.38. The predicted octanol–water partition coefficient (Wildman–Crippen LogP) is 3.73. The summed E-state index contributed by atoms with van der Waals surface area (Å²) in [7, 11) is 0. The summed E-state index contributed by atoms with van der Waals surface area (Å²) in [6.45, 7) is 0.657. The average molecular weight is 369 g/mol. The molecule has 0 atom stereocenters. The van der Waals surface area contributed by atoms with Crippen molar-refractivity contribution in [1.29, 1.82) is 5.26 Å². The number of hydrogen-bond acceptors (Lipinski definition) is 3. The van der Waals surface area contributed by atoms with E-state index in [1.54, 1.807) is 24.3 Å². The van der Waals surface area contributed by atoms with E-state index in [2.05, 4.69) is 5.32 Å². The summed E-state index contributed by atoms with van der Waals surface area (Å²) in [5.74, 6) is -1.33. The van der Waals surface area contributed by atoms with Crippen molar-refractivity contribution in [2.24, 2.45) is 0 Å². The molecule has 5 heteroatoms. The van der Waals surface area contributed by atoms with E-state index < -0.39 is 11.8 Å². The number of nitrogens with one attached hydrogen (secondary N) is 1. The molecule has 0 aliphatic rings. The molecule has 0 aliphatic carbocycles. The molecular formula is C23H19N3O2. The summed E-state index contributed by atoms with van der Waals surface area (Å²) in [6.07, 6.45) is 0.